The fourth-order valence-electron chi connectivity index (χ4n) is 3.57. The molecule has 3 N–H and O–H groups in total. The summed E-state index contributed by atoms with van der Waals surface area (Å²) in [4.78, 5) is 16.2. The summed E-state index contributed by atoms with van der Waals surface area (Å²) < 4.78 is 32.5. The third-order valence-corrected chi connectivity index (χ3v) is 5.06. The van der Waals surface area contributed by atoms with E-state index in [4.69, 9.17) is 14.2 Å². The summed E-state index contributed by atoms with van der Waals surface area (Å²) in [5, 5.41) is 17.2. The van der Waals surface area contributed by atoms with Crippen molar-refractivity contribution in [3.63, 3.8) is 0 Å². The number of aromatic amines is 1. The molecule has 3 aromatic rings. The van der Waals surface area contributed by atoms with E-state index in [1.165, 1.54) is 0 Å². The molecule has 0 aliphatic carbocycles. The molecule has 1 saturated heterocycles. The van der Waals surface area contributed by atoms with Crippen LogP contribution in [0.1, 0.15) is 36.9 Å². The van der Waals surface area contributed by atoms with Gasteiger partial charge >= 0.3 is 6.09 Å². The number of aryl methyl sites for hydroxylation is 1. The van der Waals surface area contributed by atoms with Crippen LogP contribution >= 0.6 is 0 Å². The van der Waals surface area contributed by atoms with Crippen LogP contribution in [0.25, 0.3) is 5.52 Å². The number of alkyl halides is 1. The summed E-state index contributed by atoms with van der Waals surface area (Å²) in [6, 6.07) is 1.53. The SMILES string of the molecule is COCc1nn2ccnc(Nc3cc([C@@H]4OC[C@H](OC(=O)NC(C)C)[C@H]4F)[nH]n3)c2c1C. The Morgan fingerprint density at radius 3 is 3.03 bits per heavy atom. The maximum Gasteiger partial charge on any atom is 0.407 e. The van der Waals surface area contributed by atoms with E-state index in [9.17, 15) is 9.18 Å². The van der Waals surface area contributed by atoms with Crippen molar-refractivity contribution in [1.29, 1.82) is 0 Å². The summed E-state index contributed by atoms with van der Waals surface area (Å²) in [5.74, 6) is 0.987. The average molecular weight is 447 g/mol. The minimum Gasteiger partial charge on any atom is -0.441 e. The zero-order chi connectivity index (χ0) is 22.8. The Bertz CT molecular complexity index is 1100. The minimum absolute atomic E-state index is 0.0444. The Labute approximate surface area is 183 Å². The van der Waals surface area contributed by atoms with Gasteiger partial charge in [0.2, 0.25) is 0 Å². The molecule has 4 heterocycles. The van der Waals surface area contributed by atoms with Crippen LogP contribution in [0.2, 0.25) is 0 Å². The largest absolute Gasteiger partial charge is 0.441 e. The van der Waals surface area contributed by atoms with E-state index in [0.29, 0.717) is 23.9 Å². The molecule has 0 unspecified atom stereocenters. The molecule has 0 radical (unpaired) electrons. The van der Waals surface area contributed by atoms with Crippen molar-refractivity contribution in [3.8, 4) is 0 Å². The van der Waals surface area contributed by atoms with Gasteiger partial charge in [0, 0.05) is 37.2 Å². The number of H-pyrrole nitrogens is 1. The monoisotopic (exact) mass is 447 g/mol. The van der Waals surface area contributed by atoms with Crippen LogP contribution in [0.4, 0.5) is 20.8 Å². The van der Waals surface area contributed by atoms with Gasteiger partial charge in [-0.15, -0.1) is 0 Å². The van der Waals surface area contributed by atoms with Gasteiger partial charge in [-0.05, 0) is 20.8 Å². The molecule has 1 amide bonds. The predicted molar refractivity (Wildman–Crippen MR) is 112 cm³/mol. The van der Waals surface area contributed by atoms with E-state index in [2.05, 4.69) is 30.9 Å². The van der Waals surface area contributed by atoms with Crippen LogP contribution in [-0.4, -0.2) is 62.9 Å². The zero-order valence-electron chi connectivity index (χ0n) is 18.3. The predicted octanol–water partition coefficient (Wildman–Crippen LogP) is 2.56. The lowest BCUT2D eigenvalue weighted by Gasteiger charge is -2.16. The van der Waals surface area contributed by atoms with Gasteiger partial charge in [-0.1, -0.05) is 0 Å². The molecule has 1 fully saturated rings. The second-order valence-electron chi connectivity index (χ2n) is 7.85. The molecule has 11 nitrogen and oxygen atoms in total. The van der Waals surface area contributed by atoms with E-state index >= 15 is 0 Å². The highest BCUT2D eigenvalue weighted by Gasteiger charge is 2.42. The van der Waals surface area contributed by atoms with Gasteiger partial charge < -0.3 is 24.8 Å². The Morgan fingerprint density at radius 2 is 2.28 bits per heavy atom. The lowest BCUT2D eigenvalue weighted by Crippen LogP contribution is -2.36. The Balaban J connectivity index is 1.48. The minimum atomic E-state index is -1.53. The smallest absolute Gasteiger partial charge is 0.407 e. The number of nitrogens with zero attached hydrogens (tertiary/aromatic N) is 4. The number of nitrogens with one attached hydrogen (secondary N) is 3. The van der Waals surface area contributed by atoms with Crippen molar-refractivity contribution >= 4 is 23.2 Å². The summed E-state index contributed by atoms with van der Waals surface area (Å²) in [7, 11) is 1.61. The van der Waals surface area contributed by atoms with Crippen molar-refractivity contribution in [2.24, 2.45) is 0 Å². The van der Waals surface area contributed by atoms with Crippen LogP contribution < -0.4 is 10.6 Å². The van der Waals surface area contributed by atoms with Gasteiger partial charge in [0.15, 0.2) is 23.9 Å². The number of fused-ring (bicyclic) bond motifs is 1. The third-order valence-electron chi connectivity index (χ3n) is 5.06. The number of hydrogen-bond donors (Lipinski definition) is 3. The summed E-state index contributed by atoms with van der Waals surface area (Å²) in [6.07, 6.45) is -0.763. The number of methoxy groups -OCH3 is 1. The number of anilines is 2. The van der Waals surface area contributed by atoms with Crippen LogP contribution in [0.15, 0.2) is 18.5 Å². The van der Waals surface area contributed by atoms with Gasteiger partial charge in [0.1, 0.15) is 11.6 Å². The number of carbonyl (C=O) groups excluding carboxylic acids is 1. The number of alkyl carbamates (subject to hydrolysis) is 1. The van der Waals surface area contributed by atoms with E-state index in [-0.39, 0.29) is 12.6 Å². The topological polar surface area (TPSA) is 128 Å². The standard InChI is InChI=1S/C20H26FN7O4/c1-10(2)23-20(29)32-14-9-31-18(16(14)21)12-7-15(26-25-12)24-19-17-11(3)13(8-30-4)27-28(17)6-5-22-19/h5-7,10,14,16,18H,8-9H2,1-4H3,(H,23,29)(H2,22,24,25,26)/t14-,16+,18-/m0/s1. The maximum atomic E-state index is 14.9. The molecule has 172 valence electrons. The molecule has 0 bridgehead atoms. The fourth-order valence-corrected chi connectivity index (χ4v) is 3.57. The number of hydrogen-bond acceptors (Lipinski definition) is 8. The summed E-state index contributed by atoms with van der Waals surface area (Å²) in [6.45, 7) is 5.86. The zero-order valence-corrected chi connectivity index (χ0v) is 18.3. The molecule has 4 rings (SSSR count). The molecule has 3 atom stereocenters. The molecular formula is C20H26FN7O4. The van der Waals surface area contributed by atoms with Crippen molar-refractivity contribution in [2.45, 2.75) is 51.8 Å². The highest BCUT2D eigenvalue weighted by Crippen LogP contribution is 2.34. The molecule has 3 aromatic heterocycles. The van der Waals surface area contributed by atoms with Crippen molar-refractivity contribution in [3.05, 3.63) is 35.4 Å². The second-order valence-corrected chi connectivity index (χ2v) is 7.85. The molecule has 1 aliphatic heterocycles. The molecular weight excluding hydrogens is 421 g/mol. The average Bonchev–Trinajstić information content (AvgIpc) is 3.41. The summed E-state index contributed by atoms with van der Waals surface area (Å²) >= 11 is 0. The van der Waals surface area contributed by atoms with Crippen molar-refractivity contribution in [1.82, 2.24) is 30.1 Å². The third kappa shape index (κ3) is 4.36. The number of aromatic nitrogens is 5. The Morgan fingerprint density at radius 1 is 1.47 bits per heavy atom. The number of rotatable bonds is 7. The summed E-state index contributed by atoms with van der Waals surface area (Å²) in [5.41, 5.74) is 2.95. The normalized spacial score (nSPS) is 20.8. The van der Waals surface area contributed by atoms with E-state index in [1.807, 2.05) is 6.92 Å². The van der Waals surface area contributed by atoms with Gasteiger partial charge in [-0.25, -0.2) is 18.7 Å². The first-order valence-electron chi connectivity index (χ1n) is 10.2. The first-order chi connectivity index (χ1) is 15.4. The number of carbonyl (C=O) groups is 1. The first-order valence-corrected chi connectivity index (χ1v) is 10.2. The van der Waals surface area contributed by atoms with Crippen molar-refractivity contribution < 1.29 is 23.4 Å². The van der Waals surface area contributed by atoms with E-state index < -0.39 is 24.5 Å². The van der Waals surface area contributed by atoms with Gasteiger partial charge in [-0.3, -0.25) is 5.10 Å². The quantitative estimate of drug-likeness (QED) is 0.504. The molecule has 0 aromatic carbocycles. The van der Waals surface area contributed by atoms with Gasteiger partial charge in [0.05, 0.1) is 24.6 Å². The van der Waals surface area contributed by atoms with Gasteiger partial charge in [0.25, 0.3) is 0 Å². The molecule has 1 aliphatic rings. The highest BCUT2D eigenvalue weighted by molar-refractivity contribution is 5.76. The maximum absolute atomic E-state index is 14.9. The van der Waals surface area contributed by atoms with Crippen LogP contribution in [-0.2, 0) is 20.8 Å². The lowest BCUT2D eigenvalue weighted by atomic mass is 10.1. The second kappa shape index (κ2) is 9.09. The van der Waals surface area contributed by atoms with E-state index in [1.54, 1.807) is 43.9 Å². The molecule has 0 saturated carbocycles. The molecule has 32 heavy (non-hydrogen) atoms. The van der Waals surface area contributed by atoms with Gasteiger partial charge in [-0.2, -0.15) is 10.2 Å². The van der Waals surface area contributed by atoms with Crippen LogP contribution in [0.3, 0.4) is 0 Å². The lowest BCUT2D eigenvalue weighted by molar-refractivity contribution is 0.0615. The highest BCUT2D eigenvalue weighted by atomic mass is 19.1. The fraction of sp³-hybridized carbons (Fsp3) is 0.500. The number of amides is 1. The van der Waals surface area contributed by atoms with Crippen molar-refractivity contribution in [2.75, 3.05) is 19.0 Å². The first kappa shape index (κ1) is 22.0. The molecule has 12 heteroatoms. The van der Waals surface area contributed by atoms with E-state index in [0.717, 1.165) is 16.8 Å². The van der Waals surface area contributed by atoms with Crippen LogP contribution in [0, 0.1) is 6.92 Å². The van der Waals surface area contributed by atoms with Crippen LogP contribution in [0.5, 0.6) is 0 Å². The number of ether oxygens (including phenoxy) is 3. The Hall–Kier alpha value is -3.25. The Kier molecular flexibility index (Phi) is 6.24. The number of halogens is 1. The molecule has 0 spiro atoms.